The average molecular weight is 264 g/mol. The van der Waals surface area contributed by atoms with Crippen molar-refractivity contribution >= 4 is 17.1 Å². The van der Waals surface area contributed by atoms with E-state index in [1.54, 1.807) is 6.07 Å². The van der Waals surface area contributed by atoms with Crippen LogP contribution in [0.15, 0.2) is 18.2 Å². The number of hydrazine groups is 1. The van der Waals surface area contributed by atoms with Gasteiger partial charge in [0.1, 0.15) is 0 Å². The Bertz CT molecular complexity index is 478. The fraction of sp³-hybridized carbons (Fsp3) is 0.538. The molecule has 3 N–H and O–H groups in total. The van der Waals surface area contributed by atoms with E-state index in [9.17, 15) is 10.1 Å². The molecule has 0 radical (unpaired) electrons. The van der Waals surface area contributed by atoms with E-state index in [4.69, 9.17) is 5.84 Å². The van der Waals surface area contributed by atoms with Crippen LogP contribution in [0.3, 0.4) is 0 Å². The molecule has 1 fully saturated rings. The van der Waals surface area contributed by atoms with E-state index in [1.807, 2.05) is 6.07 Å². The van der Waals surface area contributed by atoms with Gasteiger partial charge in [-0.15, -0.1) is 0 Å². The van der Waals surface area contributed by atoms with E-state index < -0.39 is 4.92 Å². The number of rotatable bonds is 3. The Morgan fingerprint density at radius 3 is 2.47 bits per heavy atom. The molecule has 0 aliphatic carbocycles. The molecule has 1 heterocycles. The fourth-order valence-electron chi connectivity index (χ4n) is 2.34. The van der Waals surface area contributed by atoms with Crippen LogP contribution in [-0.2, 0) is 0 Å². The van der Waals surface area contributed by atoms with Crippen LogP contribution in [-0.4, -0.2) is 18.0 Å². The Balaban J connectivity index is 2.24. The van der Waals surface area contributed by atoms with Crippen LogP contribution >= 0.6 is 0 Å². The summed E-state index contributed by atoms with van der Waals surface area (Å²) in [5, 5.41) is 10.9. The summed E-state index contributed by atoms with van der Waals surface area (Å²) in [5.74, 6) is 5.37. The lowest BCUT2D eigenvalue weighted by Gasteiger charge is -2.38. The Hall–Kier alpha value is -1.82. The van der Waals surface area contributed by atoms with E-state index in [1.165, 1.54) is 6.07 Å². The number of hydrogen-bond acceptors (Lipinski definition) is 5. The Morgan fingerprint density at radius 1 is 1.32 bits per heavy atom. The molecule has 19 heavy (non-hydrogen) atoms. The lowest BCUT2D eigenvalue weighted by Crippen LogP contribution is -2.37. The molecule has 1 aromatic carbocycles. The van der Waals surface area contributed by atoms with Crippen molar-refractivity contribution in [3.63, 3.8) is 0 Å². The highest BCUT2D eigenvalue weighted by atomic mass is 16.6. The molecule has 0 aromatic heterocycles. The van der Waals surface area contributed by atoms with Crippen LogP contribution in [0.5, 0.6) is 0 Å². The van der Waals surface area contributed by atoms with Crippen molar-refractivity contribution in [2.75, 3.05) is 23.4 Å². The third-order valence-electron chi connectivity index (χ3n) is 3.76. The number of nitro benzene ring substituents is 1. The molecule has 1 aliphatic heterocycles. The lowest BCUT2D eigenvalue weighted by atomic mass is 9.82. The molecule has 6 nitrogen and oxygen atoms in total. The summed E-state index contributed by atoms with van der Waals surface area (Å²) < 4.78 is 0. The molecule has 104 valence electrons. The molecular weight excluding hydrogens is 244 g/mol. The summed E-state index contributed by atoms with van der Waals surface area (Å²) in [7, 11) is 0. The molecule has 0 saturated carbocycles. The standard InChI is InChI=1S/C13H20N4O2/c1-13(2)3-5-16(6-4-13)11-7-10(15-14)8-12(9-11)17(18)19/h7-9,15H,3-6,14H2,1-2H3. The van der Waals surface area contributed by atoms with Crippen molar-refractivity contribution in [2.24, 2.45) is 11.3 Å². The second-order valence-corrected chi connectivity index (χ2v) is 5.79. The SMILES string of the molecule is CC1(C)CCN(c2cc(NN)cc([N+](=O)[O-])c2)CC1. The first-order valence-electron chi connectivity index (χ1n) is 6.42. The topological polar surface area (TPSA) is 84.4 Å². The monoisotopic (exact) mass is 264 g/mol. The molecule has 0 amide bonds. The molecule has 0 atom stereocenters. The van der Waals surface area contributed by atoms with Gasteiger partial charge in [-0.25, -0.2) is 0 Å². The van der Waals surface area contributed by atoms with Crippen molar-refractivity contribution < 1.29 is 4.92 Å². The van der Waals surface area contributed by atoms with E-state index >= 15 is 0 Å². The molecule has 0 unspecified atom stereocenters. The second kappa shape index (κ2) is 5.05. The van der Waals surface area contributed by atoms with Gasteiger partial charge in [-0.2, -0.15) is 0 Å². The van der Waals surface area contributed by atoms with E-state index in [-0.39, 0.29) is 5.69 Å². The summed E-state index contributed by atoms with van der Waals surface area (Å²) in [5.41, 5.74) is 4.33. The molecular formula is C13H20N4O2. The average Bonchev–Trinajstić information content (AvgIpc) is 2.38. The number of benzene rings is 1. The van der Waals surface area contributed by atoms with Crippen molar-refractivity contribution in [3.05, 3.63) is 28.3 Å². The van der Waals surface area contributed by atoms with Gasteiger partial charge in [0.15, 0.2) is 0 Å². The van der Waals surface area contributed by atoms with Crippen LogP contribution in [0.4, 0.5) is 17.1 Å². The molecule has 0 spiro atoms. The first-order chi connectivity index (χ1) is 8.91. The highest BCUT2D eigenvalue weighted by Crippen LogP contribution is 2.34. The summed E-state index contributed by atoms with van der Waals surface area (Å²) in [6.07, 6.45) is 2.17. The maximum Gasteiger partial charge on any atom is 0.273 e. The smallest absolute Gasteiger partial charge is 0.273 e. The van der Waals surface area contributed by atoms with Gasteiger partial charge in [0.05, 0.1) is 10.6 Å². The van der Waals surface area contributed by atoms with Crippen molar-refractivity contribution in [3.8, 4) is 0 Å². The minimum atomic E-state index is -0.391. The molecule has 6 heteroatoms. The zero-order valence-electron chi connectivity index (χ0n) is 11.3. The number of nitrogens with two attached hydrogens (primary N) is 1. The highest BCUT2D eigenvalue weighted by molar-refractivity contribution is 5.64. The minimum absolute atomic E-state index is 0.0651. The quantitative estimate of drug-likeness (QED) is 0.498. The van der Waals surface area contributed by atoms with Gasteiger partial charge >= 0.3 is 0 Å². The van der Waals surface area contributed by atoms with Crippen molar-refractivity contribution in [1.82, 2.24) is 0 Å². The van der Waals surface area contributed by atoms with Gasteiger partial charge in [0, 0.05) is 30.9 Å². The third kappa shape index (κ3) is 3.14. The largest absolute Gasteiger partial charge is 0.371 e. The van der Waals surface area contributed by atoms with Crippen molar-refractivity contribution in [2.45, 2.75) is 26.7 Å². The third-order valence-corrected chi connectivity index (χ3v) is 3.76. The summed E-state index contributed by atoms with van der Waals surface area (Å²) in [6, 6.07) is 4.90. The predicted octanol–water partition coefficient (Wildman–Crippen LogP) is 2.51. The van der Waals surface area contributed by atoms with Gasteiger partial charge in [0.25, 0.3) is 5.69 Å². The Labute approximate surface area is 112 Å². The molecule has 0 bridgehead atoms. The van der Waals surface area contributed by atoms with Crippen molar-refractivity contribution in [1.29, 1.82) is 0 Å². The van der Waals surface area contributed by atoms with E-state index in [0.29, 0.717) is 11.1 Å². The summed E-state index contributed by atoms with van der Waals surface area (Å²) in [6.45, 7) is 6.34. The minimum Gasteiger partial charge on any atom is -0.371 e. The molecule has 1 aliphatic rings. The van der Waals surface area contributed by atoms with Crippen LogP contribution in [0.2, 0.25) is 0 Å². The number of nitrogens with one attached hydrogen (secondary N) is 1. The molecule has 1 saturated heterocycles. The summed E-state index contributed by atoms with van der Waals surface area (Å²) in [4.78, 5) is 12.7. The zero-order chi connectivity index (χ0) is 14.0. The maximum absolute atomic E-state index is 10.9. The zero-order valence-corrected chi connectivity index (χ0v) is 11.3. The van der Waals surface area contributed by atoms with Crippen LogP contribution in [0.25, 0.3) is 0 Å². The van der Waals surface area contributed by atoms with Gasteiger partial charge in [-0.05, 0) is 24.3 Å². The number of nitro groups is 1. The van der Waals surface area contributed by atoms with Gasteiger partial charge in [-0.3, -0.25) is 16.0 Å². The fourth-order valence-corrected chi connectivity index (χ4v) is 2.34. The maximum atomic E-state index is 10.9. The van der Waals surface area contributed by atoms with Gasteiger partial charge in [0.2, 0.25) is 0 Å². The highest BCUT2D eigenvalue weighted by Gasteiger charge is 2.26. The molecule has 2 rings (SSSR count). The number of piperidine rings is 1. The first kappa shape index (κ1) is 13.6. The van der Waals surface area contributed by atoms with Crippen LogP contribution < -0.4 is 16.2 Å². The number of non-ortho nitro benzene ring substituents is 1. The number of anilines is 2. The second-order valence-electron chi connectivity index (χ2n) is 5.79. The van der Waals surface area contributed by atoms with E-state index in [0.717, 1.165) is 31.6 Å². The number of nitrogen functional groups attached to an aromatic ring is 1. The Morgan fingerprint density at radius 2 is 1.95 bits per heavy atom. The Kier molecular flexibility index (Phi) is 3.61. The normalized spacial score (nSPS) is 18.2. The van der Waals surface area contributed by atoms with E-state index in [2.05, 4.69) is 24.2 Å². The first-order valence-corrected chi connectivity index (χ1v) is 6.42. The summed E-state index contributed by atoms with van der Waals surface area (Å²) >= 11 is 0. The van der Waals surface area contributed by atoms with Crippen LogP contribution in [0.1, 0.15) is 26.7 Å². The van der Waals surface area contributed by atoms with Crippen LogP contribution in [0, 0.1) is 15.5 Å². The number of nitrogens with zero attached hydrogens (tertiary/aromatic N) is 2. The molecule has 1 aromatic rings. The predicted molar refractivity (Wildman–Crippen MR) is 76.1 cm³/mol. The lowest BCUT2D eigenvalue weighted by molar-refractivity contribution is -0.384. The number of hydrogen-bond donors (Lipinski definition) is 2. The van der Waals surface area contributed by atoms with Gasteiger partial charge in [-0.1, -0.05) is 13.8 Å². The van der Waals surface area contributed by atoms with Gasteiger partial charge < -0.3 is 10.3 Å².